The lowest BCUT2D eigenvalue weighted by Crippen LogP contribution is -2.61. The van der Waals surface area contributed by atoms with Gasteiger partial charge in [0.25, 0.3) is 5.69 Å². The maximum absolute atomic E-state index is 14.7. The number of non-ortho nitro benzene ring substituents is 1. The van der Waals surface area contributed by atoms with Gasteiger partial charge in [-0.05, 0) is 88.5 Å². The van der Waals surface area contributed by atoms with Crippen molar-refractivity contribution in [2.75, 3.05) is 13.1 Å². The minimum atomic E-state index is -1.77. The molecule has 0 bridgehead atoms. The van der Waals surface area contributed by atoms with E-state index in [4.69, 9.17) is 10.2 Å². The lowest BCUT2D eigenvalue weighted by molar-refractivity contribution is -0.384. The van der Waals surface area contributed by atoms with Crippen molar-refractivity contribution >= 4 is 101 Å². The van der Waals surface area contributed by atoms with Crippen molar-refractivity contribution in [2.24, 2.45) is 11.8 Å². The predicted octanol–water partition coefficient (Wildman–Crippen LogP) is -0.947. The standard InChI is InChI=1S/C60H85N11O24/c1-4-31(2)49(67-56(88)42-13-8-28-69(42)58(90)38(20-25-46(77)78)65-54(86)40(62-43(72)22-27-48(81)82)30-33-14-16-35(17-15-33)71(94)95)59(91)70-29-9-12-41(70)55(87)64-37(19-24-45(75)76)53(85)63-36(18-23-44(73)74)52(84)61-32(3)51(83)68-50(34-10-6-5-7-11-34)57(89)66-39(60(92)93)21-26-47(79)80/h14-17,31-32,34,36-42,49-50H,4-13,18-30H2,1-3H3,(H,61,84)(H,62,72)(H,63,85)(H,64,87)(H,65,86)(H,66,89)(H,67,88)(H,68,83)(H,73,74)(H,75,76)(H,77,78)(H,79,80)(H,81,82)(H,92,93)/t31-,32-,36-,37-,38-,39-,40-,41-,42-,49-,50-/m0/s1. The van der Waals surface area contributed by atoms with E-state index in [0.717, 1.165) is 28.4 Å². The third-order valence-electron chi connectivity index (χ3n) is 16.8. The van der Waals surface area contributed by atoms with Crippen LogP contribution in [-0.2, 0) is 83.1 Å². The van der Waals surface area contributed by atoms with Crippen LogP contribution < -0.4 is 42.5 Å². The van der Waals surface area contributed by atoms with E-state index in [2.05, 4.69) is 42.5 Å². The molecule has 0 radical (unpaired) electrons. The fourth-order valence-electron chi connectivity index (χ4n) is 11.3. The third kappa shape index (κ3) is 24.9. The second-order valence-electron chi connectivity index (χ2n) is 23.8. The second-order valence-corrected chi connectivity index (χ2v) is 23.8. The maximum atomic E-state index is 14.7. The maximum Gasteiger partial charge on any atom is 0.326 e. The first-order valence-corrected chi connectivity index (χ1v) is 31.4. The molecule has 1 aliphatic carbocycles. The summed E-state index contributed by atoms with van der Waals surface area (Å²) in [5.74, 6) is -19.2. The highest BCUT2D eigenvalue weighted by molar-refractivity contribution is 5.99. The van der Waals surface area contributed by atoms with Crippen molar-refractivity contribution in [3.05, 3.63) is 39.9 Å². The van der Waals surface area contributed by atoms with E-state index in [1.54, 1.807) is 13.8 Å². The second kappa shape index (κ2) is 37.7. The summed E-state index contributed by atoms with van der Waals surface area (Å²) in [6.07, 6.45) is -2.84. The first-order valence-electron chi connectivity index (χ1n) is 31.4. The zero-order chi connectivity index (χ0) is 70.8. The number of nitro benzene ring substituents is 1. The van der Waals surface area contributed by atoms with Crippen LogP contribution in [-0.4, -0.2) is 214 Å². The van der Waals surface area contributed by atoms with E-state index in [1.165, 1.54) is 19.1 Å². The van der Waals surface area contributed by atoms with Crippen LogP contribution in [0.4, 0.5) is 5.69 Å². The topological polar surface area (TPSA) is 540 Å². The van der Waals surface area contributed by atoms with Gasteiger partial charge in [0.1, 0.15) is 60.4 Å². The Kier molecular flexibility index (Phi) is 30.8. The van der Waals surface area contributed by atoms with E-state index in [9.17, 15) is 107 Å². The monoisotopic (exact) mass is 1340 g/mol. The number of likely N-dealkylation sites (tertiary alicyclic amines) is 2. The van der Waals surface area contributed by atoms with Crippen molar-refractivity contribution in [3.8, 4) is 0 Å². The number of nitrogens with one attached hydrogen (secondary N) is 8. The molecule has 11 atom stereocenters. The molecule has 1 saturated carbocycles. The van der Waals surface area contributed by atoms with Crippen LogP contribution in [0.2, 0.25) is 0 Å². The average Bonchev–Trinajstić information content (AvgIpc) is 1.75. The summed E-state index contributed by atoms with van der Waals surface area (Å²) in [5.41, 5.74) is -0.00606. The summed E-state index contributed by atoms with van der Waals surface area (Å²) in [6, 6.07) is -10.4. The van der Waals surface area contributed by atoms with Crippen molar-refractivity contribution in [3.63, 3.8) is 0 Å². The number of hydrogen-bond acceptors (Lipinski definition) is 18. The van der Waals surface area contributed by atoms with Crippen molar-refractivity contribution < 1.29 is 112 Å². The zero-order valence-corrected chi connectivity index (χ0v) is 52.9. The fourth-order valence-corrected chi connectivity index (χ4v) is 11.3. The van der Waals surface area contributed by atoms with Gasteiger partial charge in [0, 0.05) is 63.7 Å². The molecule has 95 heavy (non-hydrogen) atoms. The van der Waals surface area contributed by atoms with Gasteiger partial charge in [-0.3, -0.25) is 82.0 Å². The van der Waals surface area contributed by atoms with Gasteiger partial charge in [-0.2, -0.15) is 0 Å². The lowest BCUT2D eigenvalue weighted by atomic mass is 9.83. The van der Waals surface area contributed by atoms with Crippen LogP contribution in [0.25, 0.3) is 0 Å². The Morgan fingerprint density at radius 2 is 0.937 bits per heavy atom. The highest BCUT2D eigenvalue weighted by Crippen LogP contribution is 2.28. The molecular weight excluding hydrogens is 1260 g/mol. The quantitative estimate of drug-likeness (QED) is 0.0279. The number of aliphatic carboxylic acids is 6. The zero-order valence-electron chi connectivity index (χ0n) is 52.9. The van der Waals surface area contributed by atoms with E-state index in [1.807, 2.05) is 0 Å². The Labute approximate surface area is 544 Å². The Morgan fingerprint density at radius 3 is 1.44 bits per heavy atom. The van der Waals surface area contributed by atoms with E-state index < -0.39 is 236 Å². The van der Waals surface area contributed by atoms with E-state index in [-0.39, 0.29) is 62.9 Å². The SMILES string of the molecule is CC[C@H](C)[C@H](NC(=O)[C@@H]1CCCN1C(=O)[C@H](CCC(=O)O)NC(=O)[C@H](Cc1ccc([N+](=O)[O-])cc1)NC(=O)CCC(=O)O)C(=O)N1CCC[C@H]1C(=O)N[C@@H](CCC(=O)O)C(=O)N[C@@H](CCC(=O)O)C(=O)N[C@@H](C)C(=O)N[C@H](C(=O)N[C@@H](CCC(=O)O)C(=O)O)C1CCCCC1. The molecule has 1 aromatic rings. The average molecular weight is 1340 g/mol. The van der Waals surface area contributed by atoms with Gasteiger partial charge in [0.05, 0.1) is 11.3 Å². The summed E-state index contributed by atoms with van der Waals surface area (Å²) in [7, 11) is 0. The van der Waals surface area contributed by atoms with Gasteiger partial charge in [-0.25, -0.2) is 4.79 Å². The minimum absolute atomic E-state index is 0.0150. The third-order valence-corrected chi connectivity index (χ3v) is 16.8. The van der Waals surface area contributed by atoms with Crippen molar-refractivity contribution in [1.29, 1.82) is 0 Å². The Balaban J connectivity index is 1.52. The number of carbonyl (C=O) groups excluding carboxylic acids is 10. The number of benzene rings is 1. The molecule has 3 fully saturated rings. The molecule has 35 heteroatoms. The molecule has 2 heterocycles. The van der Waals surface area contributed by atoms with E-state index >= 15 is 0 Å². The van der Waals surface area contributed by atoms with Crippen LogP contribution in [0.15, 0.2) is 24.3 Å². The number of carboxylic acid groups (broad SMARTS) is 6. The Hall–Kier alpha value is -9.86. The van der Waals surface area contributed by atoms with Crippen LogP contribution in [0, 0.1) is 22.0 Å². The van der Waals surface area contributed by atoms with Crippen molar-refractivity contribution in [1.82, 2.24) is 52.3 Å². The highest BCUT2D eigenvalue weighted by atomic mass is 16.6. The van der Waals surface area contributed by atoms with Crippen LogP contribution in [0.3, 0.4) is 0 Å². The molecule has 4 rings (SSSR count). The molecule has 2 saturated heterocycles. The summed E-state index contributed by atoms with van der Waals surface area (Å²) in [4.78, 5) is 223. The van der Waals surface area contributed by atoms with Crippen LogP contribution >= 0.6 is 0 Å². The molecule has 1 aromatic carbocycles. The van der Waals surface area contributed by atoms with Gasteiger partial charge in [-0.15, -0.1) is 0 Å². The molecule has 0 aromatic heterocycles. The van der Waals surface area contributed by atoms with Crippen molar-refractivity contribution in [2.45, 2.75) is 216 Å². The molecule has 10 amide bonds. The number of nitro groups is 1. The number of nitrogens with zero attached hydrogens (tertiary/aromatic N) is 3. The van der Waals surface area contributed by atoms with Gasteiger partial charge >= 0.3 is 35.8 Å². The molecule has 35 nitrogen and oxygen atoms in total. The first-order chi connectivity index (χ1) is 44.8. The predicted molar refractivity (Wildman–Crippen MR) is 325 cm³/mol. The molecule has 14 N–H and O–H groups in total. The first kappa shape index (κ1) is 77.6. The number of carboxylic acids is 6. The molecule has 524 valence electrons. The summed E-state index contributed by atoms with van der Waals surface area (Å²) in [5, 5.41) is 87.7. The fraction of sp³-hybridized carbons (Fsp3) is 0.633. The number of rotatable bonds is 39. The van der Waals surface area contributed by atoms with Gasteiger partial charge < -0.3 is 83.0 Å². The molecule has 0 unspecified atom stereocenters. The number of amides is 10. The number of hydrogen-bond donors (Lipinski definition) is 14. The van der Waals surface area contributed by atoms with Gasteiger partial charge in [0.15, 0.2) is 0 Å². The Bertz CT molecular complexity index is 3010. The van der Waals surface area contributed by atoms with Crippen LogP contribution in [0.1, 0.15) is 155 Å². The minimum Gasteiger partial charge on any atom is -0.481 e. The van der Waals surface area contributed by atoms with Crippen LogP contribution in [0.5, 0.6) is 0 Å². The van der Waals surface area contributed by atoms with E-state index in [0.29, 0.717) is 25.7 Å². The Morgan fingerprint density at radius 1 is 0.484 bits per heavy atom. The normalized spacial score (nSPS) is 18.2. The smallest absolute Gasteiger partial charge is 0.326 e. The molecule has 3 aliphatic rings. The van der Waals surface area contributed by atoms with Gasteiger partial charge in [-0.1, -0.05) is 51.7 Å². The highest BCUT2D eigenvalue weighted by Gasteiger charge is 2.44. The lowest BCUT2D eigenvalue weighted by Gasteiger charge is -2.34. The largest absolute Gasteiger partial charge is 0.481 e. The summed E-state index contributed by atoms with van der Waals surface area (Å²) in [6.45, 7) is 4.35. The molecule has 2 aliphatic heterocycles. The van der Waals surface area contributed by atoms with Gasteiger partial charge in [0.2, 0.25) is 59.1 Å². The number of carbonyl (C=O) groups is 16. The summed E-state index contributed by atoms with van der Waals surface area (Å²) >= 11 is 0. The molecular formula is C60H85N11O24. The summed E-state index contributed by atoms with van der Waals surface area (Å²) < 4.78 is 0. The molecule has 0 spiro atoms.